The highest BCUT2D eigenvalue weighted by molar-refractivity contribution is 14.1. The molecule has 21 heavy (non-hydrogen) atoms. The summed E-state index contributed by atoms with van der Waals surface area (Å²) in [6, 6.07) is 0. The van der Waals surface area contributed by atoms with Crippen LogP contribution in [0.25, 0.3) is 0 Å². The molecule has 1 N–H and O–H groups in total. The van der Waals surface area contributed by atoms with Crippen molar-refractivity contribution in [1.29, 1.82) is 0 Å². The van der Waals surface area contributed by atoms with E-state index in [1.54, 1.807) is 0 Å². The van der Waals surface area contributed by atoms with Crippen molar-refractivity contribution in [3.05, 3.63) is 22.3 Å². The van der Waals surface area contributed by atoms with Gasteiger partial charge in [0.2, 0.25) is 0 Å². The van der Waals surface area contributed by atoms with Gasteiger partial charge in [-0.3, -0.25) is 0 Å². The summed E-state index contributed by atoms with van der Waals surface area (Å²) in [6.45, 7) is 17.5. The lowest BCUT2D eigenvalue weighted by Crippen LogP contribution is -2.50. The first kappa shape index (κ1) is 21.3. The molecule has 4 heteroatoms. The second kappa shape index (κ2) is 8.27. The Kier molecular flexibility index (Phi) is 8.41. The van der Waals surface area contributed by atoms with E-state index >= 15 is 0 Å². The van der Waals surface area contributed by atoms with Gasteiger partial charge in [0.05, 0.1) is 12.2 Å². The molecule has 2 nitrogen and oxygen atoms in total. The lowest BCUT2D eigenvalue weighted by atomic mass is 9.79. The predicted octanol–water partition coefficient (Wildman–Crippen LogP) is 5.68. The summed E-state index contributed by atoms with van der Waals surface area (Å²) in [4.78, 5) is 0. The lowest BCUT2D eigenvalue weighted by Gasteiger charge is -2.44. The van der Waals surface area contributed by atoms with Gasteiger partial charge < -0.3 is 9.53 Å². The van der Waals surface area contributed by atoms with Crippen LogP contribution in [0.1, 0.15) is 48.0 Å². The molecular weight excluding hydrogens is 391 g/mol. The minimum atomic E-state index is -1.87. The average Bonchev–Trinajstić information content (AvgIpc) is 2.33. The first-order valence-corrected chi connectivity index (χ1v) is 11.8. The van der Waals surface area contributed by atoms with Crippen LogP contribution < -0.4 is 0 Å². The van der Waals surface area contributed by atoms with E-state index < -0.39 is 14.4 Å². The molecule has 0 unspecified atom stereocenters. The first-order valence-electron chi connectivity index (χ1n) is 7.64. The van der Waals surface area contributed by atoms with Gasteiger partial charge >= 0.3 is 0 Å². The van der Waals surface area contributed by atoms with Gasteiger partial charge in [-0.1, -0.05) is 75.4 Å². The van der Waals surface area contributed by atoms with E-state index in [9.17, 15) is 5.11 Å². The van der Waals surface area contributed by atoms with Gasteiger partial charge in [-0.2, -0.15) is 0 Å². The maximum Gasteiger partial charge on any atom is 0.192 e. The molecule has 0 amide bonds. The monoisotopic (exact) mass is 424 g/mol. The predicted molar refractivity (Wildman–Crippen MR) is 104 cm³/mol. The van der Waals surface area contributed by atoms with Gasteiger partial charge in [0, 0.05) is 5.41 Å². The van der Waals surface area contributed by atoms with Gasteiger partial charge in [-0.15, -0.1) is 0 Å². The molecule has 0 saturated heterocycles. The van der Waals surface area contributed by atoms with Gasteiger partial charge in [0.25, 0.3) is 0 Å². The fraction of sp³-hybridized carbons (Fsp3) is 0.765. The maximum atomic E-state index is 10.6. The Morgan fingerprint density at radius 1 is 1.19 bits per heavy atom. The highest BCUT2D eigenvalue weighted by Gasteiger charge is 2.43. The second-order valence-corrected chi connectivity index (χ2v) is 13.2. The Labute approximate surface area is 146 Å². The van der Waals surface area contributed by atoms with Crippen LogP contribution >= 0.6 is 22.6 Å². The molecule has 0 aromatic carbocycles. The Morgan fingerprint density at radius 3 is 2.10 bits per heavy atom. The zero-order valence-corrected chi connectivity index (χ0v) is 18.1. The summed E-state index contributed by atoms with van der Waals surface area (Å²) >= 11 is 2.19. The van der Waals surface area contributed by atoms with Crippen molar-refractivity contribution in [3.8, 4) is 0 Å². The van der Waals surface area contributed by atoms with Crippen LogP contribution in [-0.2, 0) is 4.43 Å². The third-order valence-corrected chi connectivity index (χ3v) is 9.60. The average molecular weight is 424 g/mol. The largest absolute Gasteiger partial charge is 0.410 e. The van der Waals surface area contributed by atoms with Crippen molar-refractivity contribution in [2.75, 3.05) is 0 Å². The van der Waals surface area contributed by atoms with Crippen molar-refractivity contribution in [2.45, 2.75) is 78.3 Å². The molecule has 0 aliphatic rings. The molecule has 0 aromatic heterocycles. The van der Waals surface area contributed by atoms with E-state index in [2.05, 4.69) is 76.4 Å². The maximum absolute atomic E-state index is 10.6. The third-order valence-electron chi connectivity index (χ3n) is 4.64. The molecule has 0 radical (unpaired) electrons. The van der Waals surface area contributed by atoms with E-state index in [4.69, 9.17) is 4.43 Å². The normalized spacial score (nSPS) is 17.6. The van der Waals surface area contributed by atoms with Crippen LogP contribution in [0.4, 0.5) is 0 Å². The number of aliphatic hydroxyl groups excluding tert-OH is 1. The van der Waals surface area contributed by atoms with Crippen molar-refractivity contribution < 1.29 is 9.53 Å². The van der Waals surface area contributed by atoms with E-state index in [1.165, 1.54) is 0 Å². The second-order valence-electron chi connectivity index (χ2n) is 7.76. The molecule has 124 valence electrons. The van der Waals surface area contributed by atoms with E-state index in [0.29, 0.717) is 6.42 Å². The van der Waals surface area contributed by atoms with Gasteiger partial charge in [-0.25, -0.2) is 0 Å². The van der Waals surface area contributed by atoms with Crippen molar-refractivity contribution in [1.82, 2.24) is 0 Å². The summed E-state index contributed by atoms with van der Waals surface area (Å²) in [5, 5.41) is 10.7. The molecular formula is C17H33IO2Si. The molecule has 0 aromatic rings. The Bertz CT molecular complexity index is 367. The van der Waals surface area contributed by atoms with Crippen LogP contribution in [0, 0.1) is 5.41 Å². The standard InChI is InChI=1S/C17H33IO2Si/c1-9-11-15(20-21(7,8)16(2,3)4)17(5,6)14(19)12-10-13-18/h9-11,13-15,19H,12H2,1-8H3/b11-9+,13-10-/t14-,15+/m0/s1. The molecule has 0 bridgehead atoms. The molecule has 0 heterocycles. The van der Waals surface area contributed by atoms with Crippen molar-refractivity contribution in [3.63, 3.8) is 0 Å². The molecule has 0 aliphatic heterocycles. The number of hydrogen-bond donors (Lipinski definition) is 1. The number of hydrogen-bond acceptors (Lipinski definition) is 2. The fourth-order valence-electron chi connectivity index (χ4n) is 1.78. The molecule has 0 fully saturated rings. The SMILES string of the molecule is C/C=C/[C@@H](O[Si](C)(C)C(C)(C)C)C(C)(C)[C@@H](O)C/C=C\I. The summed E-state index contributed by atoms with van der Waals surface area (Å²) in [5.41, 5.74) is -0.321. The topological polar surface area (TPSA) is 29.5 Å². The van der Waals surface area contributed by atoms with Crippen LogP contribution in [0.2, 0.25) is 18.1 Å². The molecule has 0 spiro atoms. The lowest BCUT2D eigenvalue weighted by molar-refractivity contribution is -0.0180. The fourth-order valence-corrected chi connectivity index (χ4v) is 3.45. The first-order chi connectivity index (χ1) is 9.40. The molecule has 0 rings (SSSR count). The van der Waals surface area contributed by atoms with Crippen LogP contribution in [-0.4, -0.2) is 25.6 Å². The third kappa shape index (κ3) is 6.16. The van der Waals surface area contributed by atoms with Crippen LogP contribution in [0.15, 0.2) is 22.3 Å². The van der Waals surface area contributed by atoms with Gasteiger partial charge in [0.1, 0.15) is 0 Å². The molecule has 0 saturated carbocycles. The Hall–Kier alpha value is 0.347. The van der Waals surface area contributed by atoms with Crippen LogP contribution in [0.3, 0.4) is 0 Å². The summed E-state index contributed by atoms with van der Waals surface area (Å²) < 4.78 is 8.53. The van der Waals surface area contributed by atoms with E-state index in [0.717, 1.165) is 0 Å². The highest BCUT2D eigenvalue weighted by Crippen LogP contribution is 2.41. The Morgan fingerprint density at radius 2 is 1.71 bits per heavy atom. The van der Waals surface area contributed by atoms with Gasteiger partial charge in [-0.05, 0) is 35.6 Å². The van der Waals surface area contributed by atoms with E-state index in [-0.39, 0.29) is 16.6 Å². The van der Waals surface area contributed by atoms with Crippen molar-refractivity contribution >= 4 is 30.9 Å². The summed E-state index contributed by atoms with van der Waals surface area (Å²) in [7, 11) is -1.87. The Balaban J connectivity index is 5.30. The zero-order valence-electron chi connectivity index (χ0n) is 14.9. The minimum absolute atomic E-state index is 0.0685. The van der Waals surface area contributed by atoms with Gasteiger partial charge in [0.15, 0.2) is 8.32 Å². The minimum Gasteiger partial charge on any atom is -0.410 e. The van der Waals surface area contributed by atoms with E-state index in [1.807, 2.05) is 23.2 Å². The summed E-state index contributed by atoms with van der Waals surface area (Å²) in [5.74, 6) is 0. The molecule has 2 atom stereocenters. The highest BCUT2D eigenvalue weighted by atomic mass is 127. The molecule has 0 aliphatic carbocycles. The number of rotatable bonds is 7. The van der Waals surface area contributed by atoms with Crippen molar-refractivity contribution in [2.24, 2.45) is 5.41 Å². The number of allylic oxidation sites excluding steroid dienone is 1. The quantitative estimate of drug-likeness (QED) is 0.324. The zero-order chi connectivity index (χ0) is 16.9. The smallest absolute Gasteiger partial charge is 0.192 e. The number of halogens is 1. The summed E-state index contributed by atoms with van der Waals surface area (Å²) in [6.07, 6.45) is 6.30. The number of aliphatic hydroxyl groups is 1. The van der Waals surface area contributed by atoms with Crippen LogP contribution in [0.5, 0.6) is 0 Å².